The SMILES string of the molecule is CC(N)CCNc1nc2c(cc1C#N)CCC2. The van der Waals surface area contributed by atoms with Gasteiger partial charge in [-0.25, -0.2) is 4.98 Å². The Bertz CT molecular complexity index is 445. The van der Waals surface area contributed by atoms with E-state index in [2.05, 4.69) is 16.4 Å². The molecule has 0 aromatic carbocycles. The molecule has 0 bridgehead atoms. The van der Waals surface area contributed by atoms with E-state index >= 15 is 0 Å². The summed E-state index contributed by atoms with van der Waals surface area (Å²) in [5.74, 6) is 0.716. The second-order valence-corrected chi connectivity index (χ2v) is 4.65. The molecule has 0 spiro atoms. The molecule has 1 aromatic rings. The Morgan fingerprint density at radius 2 is 2.41 bits per heavy atom. The Morgan fingerprint density at radius 3 is 3.12 bits per heavy atom. The highest BCUT2D eigenvalue weighted by molar-refractivity contribution is 5.55. The molecule has 1 heterocycles. The van der Waals surface area contributed by atoms with Gasteiger partial charge in [-0.05, 0) is 44.2 Å². The van der Waals surface area contributed by atoms with Gasteiger partial charge in [-0.1, -0.05) is 0 Å². The van der Waals surface area contributed by atoms with Gasteiger partial charge in [0, 0.05) is 18.3 Å². The molecule has 0 saturated heterocycles. The number of hydrogen-bond donors (Lipinski definition) is 2. The summed E-state index contributed by atoms with van der Waals surface area (Å²) in [6, 6.07) is 4.35. The Labute approximate surface area is 102 Å². The monoisotopic (exact) mass is 230 g/mol. The molecule has 1 aliphatic rings. The highest BCUT2D eigenvalue weighted by atomic mass is 15.0. The molecule has 4 nitrogen and oxygen atoms in total. The van der Waals surface area contributed by atoms with Crippen molar-refractivity contribution in [1.82, 2.24) is 4.98 Å². The summed E-state index contributed by atoms with van der Waals surface area (Å²) in [6.07, 6.45) is 4.11. The first-order valence-electron chi connectivity index (χ1n) is 6.13. The number of fused-ring (bicyclic) bond motifs is 1. The fraction of sp³-hybridized carbons (Fsp3) is 0.538. The van der Waals surface area contributed by atoms with Crippen molar-refractivity contribution >= 4 is 5.82 Å². The van der Waals surface area contributed by atoms with Gasteiger partial charge in [-0.2, -0.15) is 5.26 Å². The number of anilines is 1. The minimum atomic E-state index is 0.169. The quantitative estimate of drug-likeness (QED) is 0.823. The third-order valence-electron chi connectivity index (χ3n) is 3.06. The second kappa shape index (κ2) is 5.15. The first kappa shape index (κ1) is 11.9. The molecule has 0 fully saturated rings. The van der Waals surface area contributed by atoms with E-state index in [1.807, 2.05) is 13.0 Å². The highest BCUT2D eigenvalue weighted by Gasteiger charge is 2.16. The van der Waals surface area contributed by atoms with Crippen molar-refractivity contribution in [2.45, 2.75) is 38.6 Å². The van der Waals surface area contributed by atoms with Gasteiger partial charge in [0.15, 0.2) is 0 Å². The lowest BCUT2D eigenvalue weighted by Gasteiger charge is -2.10. The van der Waals surface area contributed by atoms with Gasteiger partial charge < -0.3 is 11.1 Å². The molecule has 0 saturated carbocycles. The molecule has 0 aliphatic heterocycles. The van der Waals surface area contributed by atoms with Crippen LogP contribution in [-0.4, -0.2) is 17.6 Å². The van der Waals surface area contributed by atoms with Crippen LogP contribution in [0.15, 0.2) is 6.07 Å². The van der Waals surface area contributed by atoms with Crippen molar-refractivity contribution in [2.75, 3.05) is 11.9 Å². The zero-order chi connectivity index (χ0) is 12.3. The minimum Gasteiger partial charge on any atom is -0.369 e. The number of aryl methyl sites for hydroxylation is 2. The van der Waals surface area contributed by atoms with Crippen LogP contribution in [0.1, 0.15) is 36.6 Å². The lowest BCUT2D eigenvalue weighted by Crippen LogP contribution is -2.19. The molecular weight excluding hydrogens is 212 g/mol. The normalized spacial score (nSPS) is 15.1. The predicted molar refractivity (Wildman–Crippen MR) is 67.7 cm³/mol. The van der Waals surface area contributed by atoms with E-state index < -0.39 is 0 Å². The van der Waals surface area contributed by atoms with Gasteiger partial charge in [0.25, 0.3) is 0 Å². The summed E-state index contributed by atoms with van der Waals surface area (Å²) < 4.78 is 0. The van der Waals surface area contributed by atoms with Crippen molar-refractivity contribution in [1.29, 1.82) is 5.26 Å². The molecule has 1 unspecified atom stereocenters. The molecule has 90 valence electrons. The minimum absolute atomic E-state index is 0.169. The molecule has 2 rings (SSSR count). The summed E-state index contributed by atoms with van der Waals surface area (Å²) in [6.45, 7) is 2.74. The van der Waals surface area contributed by atoms with Crippen molar-refractivity contribution in [3.05, 3.63) is 22.9 Å². The van der Waals surface area contributed by atoms with E-state index in [1.165, 1.54) is 5.56 Å². The van der Waals surface area contributed by atoms with Crippen LogP contribution in [0.5, 0.6) is 0 Å². The fourth-order valence-electron chi connectivity index (χ4n) is 2.11. The van der Waals surface area contributed by atoms with E-state index in [1.54, 1.807) is 0 Å². The molecule has 1 aliphatic carbocycles. The number of hydrogen-bond acceptors (Lipinski definition) is 4. The Balaban J connectivity index is 2.13. The van der Waals surface area contributed by atoms with Crippen LogP contribution >= 0.6 is 0 Å². The number of pyridine rings is 1. The molecule has 4 heteroatoms. The largest absolute Gasteiger partial charge is 0.369 e. The molecule has 0 amide bonds. The summed E-state index contributed by atoms with van der Waals surface area (Å²) in [4.78, 5) is 4.55. The predicted octanol–water partition coefficient (Wildman–Crippen LogP) is 1.59. The van der Waals surface area contributed by atoms with Crippen LogP contribution in [0.3, 0.4) is 0 Å². The summed E-state index contributed by atoms with van der Waals surface area (Å²) in [7, 11) is 0. The van der Waals surface area contributed by atoms with Crippen LogP contribution in [0, 0.1) is 11.3 Å². The van der Waals surface area contributed by atoms with E-state index in [-0.39, 0.29) is 6.04 Å². The number of aromatic nitrogens is 1. The van der Waals surface area contributed by atoms with Gasteiger partial charge in [0.05, 0.1) is 5.56 Å². The van der Waals surface area contributed by atoms with Gasteiger partial charge in [-0.15, -0.1) is 0 Å². The number of nitrogens with one attached hydrogen (secondary N) is 1. The fourth-order valence-corrected chi connectivity index (χ4v) is 2.11. The maximum Gasteiger partial charge on any atom is 0.144 e. The van der Waals surface area contributed by atoms with Crippen LogP contribution in [0.25, 0.3) is 0 Å². The molecular formula is C13H18N4. The maximum absolute atomic E-state index is 9.10. The number of rotatable bonds is 4. The van der Waals surface area contributed by atoms with Crippen molar-refractivity contribution in [3.8, 4) is 6.07 Å². The molecule has 0 radical (unpaired) electrons. The van der Waals surface area contributed by atoms with Crippen LogP contribution in [-0.2, 0) is 12.8 Å². The topological polar surface area (TPSA) is 74.7 Å². The van der Waals surface area contributed by atoms with E-state index in [0.29, 0.717) is 11.4 Å². The molecule has 3 N–H and O–H groups in total. The Kier molecular flexibility index (Phi) is 3.60. The lowest BCUT2D eigenvalue weighted by atomic mass is 10.1. The molecule has 1 atom stereocenters. The summed E-state index contributed by atoms with van der Waals surface area (Å²) in [5, 5.41) is 12.3. The van der Waals surface area contributed by atoms with Gasteiger partial charge in [-0.3, -0.25) is 0 Å². The smallest absolute Gasteiger partial charge is 0.144 e. The van der Waals surface area contributed by atoms with Crippen molar-refractivity contribution < 1.29 is 0 Å². The van der Waals surface area contributed by atoms with E-state index in [9.17, 15) is 0 Å². The molecule has 17 heavy (non-hydrogen) atoms. The van der Waals surface area contributed by atoms with E-state index in [4.69, 9.17) is 11.0 Å². The highest BCUT2D eigenvalue weighted by Crippen LogP contribution is 2.24. The number of nitriles is 1. The average molecular weight is 230 g/mol. The summed E-state index contributed by atoms with van der Waals surface area (Å²) >= 11 is 0. The lowest BCUT2D eigenvalue weighted by molar-refractivity contribution is 0.689. The van der Waals surface area contributed by atoms with Crippen LogP contribution in [0.2, 0.25) is 0 Å². The van der Waals surface area contributed by atoms with Gasteiger partial charge in [0.1, 0.15) is 11.9 Å². The van der Waals surface area contributed by atoms with Gasteiger partial charge in [0.2, 0.25) is 0 Å². The first-order chi connectivity index (χ1) is 8.20. The zero-order valence-electron chi connectivity index (χ0n) is 10.2. The van der Waals surface area contributed by atoms with Crippen molar-refractivity contribution in [2.24, 2.45) is 5.73 Å². The van der Waals surface area contributed by atoms with Crippen LogP contribution in [0.4, 0.5) is 5.82 Å². The Hall–Kier alpha value is -1.60. The number of nitrogens with zero attached hydrogens (tertiary/aromatic N) is 2. The van der Waals surface area contributed by atoms with Crippen molar-refractivity contribution in [3.63, 3.8) is 0 Å². The summed E-state index contributed by atoms with van der Waals surface area (Å²) in [5.41, 5.74) is 8.72. The Morgan fingerprint density at radius 1 is 1.59 bits per heavy atom. The second-order valence-electron chi connectivity index (χ2n) is 4.65. The standard InChI is InChI=1S/C13H18N4/c1-9(15)5-6-16-13-11(8-14)7-10-3-2-4-12(10)17-13/h7,9H,2-6,15H2,1H3,(H,16,17). The zero-order valence-corrected chi connectivity index (χ0v) is 10.2. The average Bonchev–Trinajstić information content (AvgIpc) is 2.74. The molecule has 1 aromatic heterocycles. The van der Waals surface area contributed by atoms with Crippen LogP contribution < -0.4 is 11.1 Å². The number of nitrogens with two attached hydrogens (primary N) is 1. The van der Waals surface area contributed by atoms with E-state index in [0.717, 1.165) is 37.9 Å². The van der Waals surface area contributed by atoms with Gasteiger partial charge >= 0.3 is 0 Å². The first-order valence-corrected chi connectivity index (χ1v) is 6.13. The third-order valence-corrected chi connectivity index (χ3v) is 3.06. The third kappa shape index (κ3) is 2.75. The maximum atomic E-state index is 9.10.